The molecule has 5 nitrogen and oxygen atoms in total. The van der Waals surface area contributed by atoms with Gasteiger partial charge in [0, 0.05) is 36.9 Å². The van der Waals surface area contributed by atoms with E-state index in [-0.39, 0.29) is 23.2 Å². The van der Waals surface area contributed by atoms with Crippen LogP contribution in [0.4, 0.5) is 10.5 Å². The summed E-state index contributed by atoms with van der Waals surface area (Å²) in [5.74, 6) is 0.899. The van der Waals surface area contributed by atoms with Crippen LogP contribution in [0.5, 0.6) is 5.75 Å². The van der Waals surface area contributed by atoms with Gasteiger partial charge >= 0.3 is 14.4 Å². The molecule has 0 spiro atoms. The molecule has 3 aromatic rings. The smallest absolute Gasteiger partial charge is 0.410 e. The molecule has 0 aromatic heterocycles. The van der Waals surface area contributed by atoms with Crippen molar-refractivity contribution in [1.29, 1.82) is 0 Å². The molecule has 0 radical (unpaired) electrons. The summed E-state index contributed by atoms with van der Waals surface area (Å²) < 4.78 is 13.0. The SMILES string of the molecule is CC(C)(C)OC(=O)N1CC2CCC(C1)N2c1cccc(O[Si](c2ccccc2)(c2ccccc2)C(C)(C)C)c1. The largest absolute Gasteiger partial charge is 0.534 e. The first-order valence-corrected chi connectivity index (χ1v) is 16.1. The van der Waals surface area contributed by atoms with Crippen LogP contribution in [0.3, 0.4) is 0 Å². The molecule has 2 unspecified atom stereocenters. The molecule has 2 bridgehead atoms. The zero-order chi connectivity index (χ0) is 27.8. The second kappa shape index (κ2) is 10.4. The van der Waals surface area contributed by atoms with E-state index in [1.807, 2.05) is 25.7 Å². The molecule has 1 amide bonds. The summed E-state index contributed by atoms with van der Waals surface area (Å²) in [6.07, 6.45) is 1.94. The number of fused-ring (bicyclic) bond motifs is 2. The zero-order valence-electron chi connectivity index (χ0n) is 24.2. The van der Waals surface area contributed by atoms with Crippen LogP contribution in [-0.2, 0) is 4.74 Å². The molecule has 2 heterocycles. The quantitative estimate of drug-likeness (QED) is 0.359. The Hall–Kier alpha value is -3.25. The van der Waals surface area contributed by atoms with Crippen molar-refractivity contribution < 1.29 is 14.0 Å². The van der Waals surface area contributed by atoms with E-state index in [0.717, 1.165) is 18.6 Å². The Morgan fingerprint density at radius 1 is 0.769 bits per heavy atom. The van der Waals surface area contributed by atoms with Gasteiger partial charge in [-0.2, -0.15) is 0 Å². The normalized spacial score (nSPS) is 19.6. The highest BCUT2D eigenvalue weighted by molar-refractivity contribution is 7.00. The average molecular weight is 543 g/mol. The van der Waals surface area contributed by atoms with E-state index in [0.29, 0.717) is 13.1 Å². The summed E-state index contributed by atoms with van der Waals surface area (Å²) in [7, 11) is -2.72. The maximum Gasteiger partial charge on any atom is 0.410 e. The van der Waals surface area contributed by atoms with Gasteiger partial charge in [0.05, 0.1) is 0 Å². The summed E-state index contributed by atoms with van der Waals surface area (Å²) >= 11 is 0. The Bertz CT molecular complexity index is 1230. The lowest BCUT2D eigenvalue weighted by atomic mass is 10.1. The number of nitrogens with zero attached hydrogens (tertiary/aromatic N) is 2. The third kappa shape index (κ3) is 5.44. The van der Waals surface area contributed by atoms with Crippen molar-refractivity contribution in [1.82, 2.24) is 4.90 Å². The van der Waals surface area contributed by atoms with Gasteiger partial charge in [-0.15, -0.1) is 0 Å². The van der Waals surface area contributed by atoms with Gasteiger partial charge in [-0.05, 0) is 61.2 Å². The number of anilines is 1. The van der Waals surface area contributed by atoms with Crippen molar-refractivity contribution in [2.75, 3.05) is 18.0 Å². The highest BCUT2D eigenvalue weighted by Gasteiger charge is 2.52. The lowest BCUT2D eigenvalue weighted by Crippen LogP contribution is -2.68. The first-order chi connectivity index (χ1) is 18.5. The van der Waals surface area contributed by atoms with E-state index in [2.05, 4.69) is 111 Å². The van der Waals surface area contributed by atoms with Crippen molar-refractivity contribution in [2.45, 2.75) is 77.1 Å². The van der Waals surface area contributed by atoms with Gasteiger partial charge in [0.2, 0.25) is 0 Å². The average Bonchev–Trinajstić information content (AvgIpc) is 3.15. The summed E-state index contributed by atoms with van der Waals surface area (Å²) in [5, 5.41) is 2.42. The van der Waals surface area contributed by atoms with Gasteiger partial charge in [-0.3, -0.25) is 0 Å². The van der Waals surface area contributed by atoms with Gasteiger partial charge in [0.25, 0.3) is 0 Å². The van der Waals surface area contributed by atoms with Crippen molar-refractivity contribution in [3.05, 3.63) is 84.9 Å². The van der Waals surface area contributed by atoms with Crippen LogP contribution in [0.1, 0.15) is 54.4 Å². The van der Waals surface area contributed by atoms with Crippen LogP contribution < -0.4 is 19.7 Å². The van der Waals surface area contributed by atoms with E-state index in [1.165, 1.54) is 16.1 Å². The minimum absolute atomic E-state index is 0.107. The Morgan fingerprint density at radius 3 is 1.79 bits per heavy atom. The molecule has 2 aliphatic heterocycles. The fraction of sp³-hybridized carbons (Fsp3) is 0.424. The lowest BCUT2D eigenvalue weighted by Gasteiger charge is -2.44. The predicted octanol–water partition coefficient (Wildman–Crippen LogP) is 6.21. The first-order valence-electron chi connectivity index (χ1n) is 14.1. The molecule has 0 aliphatic carbocycles. The van der Waals surface area contributed by atoms with E-state index in [9.17, 15) is 4.79 Å². The van der Waals surface area contributed by atoms with Crippen LogP contribution in [0.2, 0.25) is 5.04 Å². The summed E-state index contributed by atoms with van der Waals surface area (Å²) in [6.45, 7) is 14.1. The minimum Gasteiger partial charge on any atom is -0.534 e. The van der Waals surface area contributed by atoms with Crippen LogP contribution in [-0.4, -0.2) is 50.1 Å². The topological polar surface area (TPSA) is 42.0 Å². The molecule has 5 rings (SSSR count). The van der Waals surface area contributed by atoms with Crippen molar-refractivity contribution in [2.24, 2.45) is 0 Å². The molecule has 2 saturated heterocycles. The maximum absolute atomic E-state index is 12.8. The maximum atomic E-state index is 12.8. The fourth-order valence-electron chi connectivity index (χ4n) is 6.33. The molecule has 2 fully saturated rings. The fourth-order valence-corrected chi connectivity index (χ4v) is 10.7. The summed E-state index contributed by atoms with van der Waals surface area (Å²) in [4.78, 5) is 17.2. The number of carbonyl (C=O) groups excluding carboxylic acids is 1. The van der Waals surface area contributed by atoms with Gasteiger partial charge in [0.15, 0.2) is 0 Å². The molecular formula is C33H42N2O3Si. The number of likely N-dealkylation sites (tertiary alicyclic amines) is 1. The highest BCUT2D eigenvalue weighted by Crippen LogP contribution is 2.40. The van der Waals surface area contributed by atoms with E-state index >= 15 is 0 Å². The number of piperazine rings is 1. The Morgan fingerprint density at radius 2 is 1.31 bits per heavy atom. The van der Waals surface area contributed by atoms with Crippen molar-refractivity contribution in [3.8, 4) is 5.75 Å². The predicted molar refractivity (Wildman–Crippen MR) is 162 cm³/mol. The molecule has 39 heavy (non-hydrogen) atoms. The second-order valence-corrected chi connectivity index (χ2v) is 17.2. The third-order valence-corrected chi connectivity index (χ3v) is 12.9. The van der Waals surface area contributed by atoms with E-state index in [1.54, 1.807) is 0 Å². The zero-order valence-corrected chi connectivity index (χ0v) is 25.2. The number of amides is 1. The number of ether oxygens (including phenoxy) is 1. The standard InChI is InChI=1S/C33H42N2O3Si/c1-32(2,3)37-31(36)34-23-26-20-21-27(24-34)35(26)25-14-13-15-28(22-25)38-39(33(4,5)6,29-16-9-7-10-17-29)30-18-11-8-12-19-30/h7-19,22,26-27H,20-21,23-24H2,1-6H3. The molecule has 0 N–H and O–H groups in total. The van der Waals surface area contributed by atoms with Crippen molar-refractivity contribution >= 4 is 30.5 Å². The first kappa shape index (κ1) is 27.3. The molecule has 2 aliphatic rings. The number of hydrogen-bond acceptors (Lipinski definition) is 4. The van der Waals surface area contributed by atoms with Crippen LogP contribution in [0.15, 0.2) is 84.9 Å². The molecule has 3 aromatic carbocycles. The number of carbonyl (C=O) groups is 1. The minimum atomic E-state index is -2.72. The summed E-state index contributed by atoms with van der Waals surface area (Å²) in [5.41, 5.74) is 0.682. The van der Waals surface area contributed by atoms with Gasteiger partial charge in [-0.25, -0.2) is 4.79 Å². The van der Waals surface area contributed by atoms with Gasteiger partial charge in [-0.1, -0.05) is 87.5 Å². The Labute approximate surface area is 234 Å². The number of benzene rings is 3. The Kier molecular flexibility index (Phi) is 7.27. The van der Waals surface area contributed by atoms with Crippen LogP contribution in [0.25, 0.3) is 0 Å². The molecule has 2 atom stereocenters. The number of hydrogen-bond donors (Lipinski definition) is 0. The summed E-state index contributed by atoms with van der Waals surface area (Å²) in [6, 6.07) is 30.7. The molecular weight excluding hydrogens is 500 g/mol. The lowest BCUT2D eigenvalue weighted by molar-refractivity contribution is 0.0209. The number of rotatable bonds is 5. The van der Waals surface area contributed by atoms with Gasteiger partial charge < -0.3 is 19.0 Å². The van der Waals surface area contributed by atoms with E-state index in [4.69, 9.17) is 9.16 Å². The Balaban J connectivity index is 1.47. The third-order valence-electron chi connectivity index (χ3n) is 7.94. The second-order valence-electron chi connectivity index (χ2n) is 12.9. The van der Waals surface area contributed by atoms with Crippen molar-refractivity contribution in [3.63, 3.8) is 0 Å². The molecule has 6 heteroatoms. The molecule has 206 valence electrons. The molecule has 0 saturated carbocycles. The van der Waals surface area contributed by atoms with Crippen LogP contribution >= 0.6 is 0 Å². The monoisotopic (exact) mass is 542 g/mol. The van der Waals surface area contributed by atoms with E-state index < -0.39 is 13.9 Å². The van der Waals surface area contributed by atoms with Gasteiger partial charge in [0.1, 0.15) is 11.4 Å². The highest BCUT2D eigenvalue weighted by atomic mass is 28.4. The van der Waals surface area contributed by atoms with Crippen LogP contribution in [0, 0.1) is 0 Å².